The van der Waals surface area contributed by atoms with E-state index in [9.17, 15) is 4.79 Å². The third-order valence-corrected chi connectivity index (χ3v) is 5.52. The van der Waals surface area contributed by atoms with Gasteiger partial charge in [-0.1, -0.05) is 41.4 Å². The van der Waals surface area contributed by atoms with Crippen molar-refractivity contribution >= 4 is 29.1 Å². The van der Waals surface area contributed by atoms with Crippen LogP contribution in [-0.4, -0.2) is 16.9 Å². The summed E-state index contributed by atoms with van der Waals surface area (Å²) in [6.07, 6.45) is 2.50. The van der Waals surface area contributed by atoms with Crippen LogP contribution in [0.2, 0.25) is 10.0 Å². The largest absolute Gasteiger partial charge is 0.491 e. The molecule has 5 heteroatoms. The number of fused-ring (bicyclic) bond motifs is 1. The molecule has 2 aromatic rings. The highest BCUT2D eigenvalue weighted by atomic mass is 35.5. The van der Waals surface area contributed by atoms with Gasteiger partial charge in [-0.05, 0) is 62.6 Å². The average Bonchev–Trinajstić information content (AvgIpc) is 2.86. The molecular weight excluding hydrogens is 381 g/mol. The van der Waals surface area contributed by atoms with Gasteiger partial charge < -0.3 is 9.64 Å². The molecule has 0 fully saturated rings. The first kappa shape index (κ1) is 19.8. The number of nitrogens with zero attached hydrogens (tertiary/aromatic N) is 1. The summed E-state index contributed by atoms with van der Waals surface area (Å²) in [5, 5.41) is 0.977. The quantitative estimate of drug-likeness (QED) is 0.507. The maximum Gasteiger partial charge on any atom is 0.255 e. The van der Waals surface area contributed by atoms with Crippen LogP contribution in [0.15, 0.2) is 49.1 Å². The molecule has 1 aliphatic rings. The summed E-state index contributed by atoms with van der Waals surface area (Å²) in [5.41, 5.74) is 2.64. The van der Waals surface area contributed by atoms with E-state index in [1.165, 1.54) is 0 Å². The number of amides is 1. The number of carbonyl (C=O) groups is 1. The topological polar surface area (TPSA) is 29.5 Å². The molecule has 142 valence electrons. The molecule has 0 bridgehead atoms. The lowest BCUT2D eigenvalue weighted by Gasteiger charge is -2.32. The van der Waals surface area contributed by atoms with Crippen LogP contribution in [0.3, 0.4) is 0 Å². The molecule has 0 radical (unpaired) electrons. The summed E-state index contributed by atoms with van der Waals surface area (Å²) in [6.45, 7) is 9.84. The number of benzene rings is 2. The minimum absolute atomic E-state index is 0.00960. The molecule has 1 aliphatic heterocycles. The Hall–Kier alpha value is -1.97. The van der Waals surface area contributed by atoms with E-state index in [2.05, 4.69) is 6.58 Å². The molecule has 1 heterocycles. The zero-order valence-corrected chi connectivity index (χ0v) is 17.2. The van der Waals surface area contributed by atoms with Crippen molar-refractivity contribution in [2.75, 3.05) is 0 Å². The molecule has 2 aromatic carbocycles. The first-order valence-corrected chi connectivity index (χ1v) is 9.78. The maximum absolute atomic E-state index is 13.3. The van der Waals surface area contributed by atoms with E-state index in [-0.39, 0.29) is 24.1 Å². The van der Waals surface area contributed by atoms with Crippen LogP contribution in [0.4, 0.5) is 0 Å². The summed E-state index contributed by atoms with van der Waals surface area (Å²) in [6, 6.07) is 11.0. The van der Waals surface area contributed by atoms with Gasteiger partial charge in [0.2, 0.25) is 0 Å². The van der Waals surface area contributed by atoms with Crippen molar-refractivity contribution in [3.8, 4) is 5.75 Å². The second kappa shape index (κ2) is 7.95. The van der Waals surface area contributed by atoms with E-state index in [0.717, 1.165) is 11.1 Å². The summed E-state index contributed by atoms with van der Waals surface area (Å²) in [4.78, 5) is 15.2. The molecule has 0 saturated heterocycles. The highest BCUT2D eigenvalue weighted by Crippen LogP contribution is 2.43. The molecule has 2 atom stereocenters. The van der Waals surface area contributed by atoms with Crippen LogP contribution in [0.1, 0.15) is 60.8 Å². The molecule has 3 rings (SSSR count). The van der Waals surface area contributed by atoms with Crippen molar-refractivity contribution in [2.24, 2.45) is 0 Å². The number of hydrogen-bond donors (Lipinski definition) is 0. The van der Waals surface area contributed by atoms with Crippen LogP contribution in [-0.2, 0) is 0 Å². The lowest BCUT2D eigenvalue weighted by atomic mass is 10.0. The Balaban J connectivity index is 1.99. The Morgan fingerprint density at radius 2 is 1.93 bits per heavy atom. The molecule has 3 nitrogen and oxygen atoms in total. The first-order valence-electron chi connectivity index (χ1n) is 9.02. The van der Waals surface area contributed by atoms with Crippen LogP contribution in [0, 0.1) is 0 Å². The summed E-state index contributed by atoms with van der Waals surface area (Å²) >= 11 is 12.3. The average molecular weight is 404 g/mol. The van der Waals surface area contributed by atoms with Gasteiger partial charge >= 0.3 is 0 Å². The van der Waals surface area contributed by atoms with Crippen molar-refractivity contribution in [3.05, 3.63) is 75.8 Å². The van der Waals surface area contributed by atoms with Crippen molar-refractivity contribution < 1.29 is 9.53 Å². The van der Waals surface area contributed by atoms with E-state index in [4.69, 9.17) is 27.9 Å². The second-order valence-corrected chi connectivity index (χ2v) is 7.83. The minimum atomic E-state index is -0.165. The molecular formula is C22H23Cl2NO2. The van der Waals surface area contributed by atoms with Gasteiger partial charge in [0.15, 0.2) is 0 Å². The molecule has 0 aliphatic carbocycles. The summed E-state index contributed by atoms with van der Waals surface area (Å²) < 4.78 is 5.76. The predicted molar refractivity (Wildman–Crippen MR) is 111 cm³/mol. The van der Waals surface area contributed by atoms with Gasteiger partial charge in [0.1, 0.15) is 5.75 Å². The third-order valence-electron chi connectivity index (χ3n) is 4.78. The van der Waals surface area contributed by atoms with Gasteiger partial charge in [0.25, 0.3) is 5.91 Å². The minimum Gasteiger partial charge on any atom is -0.491 e. The molecule has 2 unspecified atom stereocenters. The van der Waals surface area contributed by atoms with E-state index in [1.54, 1.807) is 6.07 Å². The Morgan fingerprint density at radius 1 is 1.19 bits per heavy atom. The Morgan fingerprint density at radius 3 is 2.56 bits per heavy atom. The Labute approximate surface area is 170 Å². The van der Waals surface area contributed by atoms with Crippen LogP contribution in [0.25, 0.3) is 0 Å². The molecule has 0 saturated carbocycles. The van der Waals surface area contributed by atoms with Gasteiger partial charge in [-0.25, -0.2) is 0 Å². The van der Waals surface area contributed by atoms with E-state index >= 15 is 0 Å². The van der Waals surface area contributed by atoms with Gasteiger partial charge in [-0.3, -0.25) is 4.79 Å². The number of hydrogen-bond acceptors (Lipinski definition) is 2. The predicted octanol–water partition coefficient (Wildman–Crippen LogP) is 6.61. The first-order chi connectivity index (χ1) is 12.8. The molecule has 0 aromatic heterocycles. The van der Waals surface area contributed by atoms with E-state index in [0.29, 0.717) is 27.8 Å². The smallest absolute Gasteiger partial charge is 0.255 e. The molecule has 0 N–H and O–H groups in total. The molecule has 0 spiro atoms. The summed E-state index contributed by atoms with van der Waals surface area (Å²) in [7, 11) is 0. The van der Waals surface area contributed by atoms with Gasteiger partial charge in [0, 0.05) is 5.56 Å². The lowest BCUT2D eigenvalue weighted by Crippen LogP contribution is -2.31. The standard InChI is InChI=1S/C22H23Cl2NO2/c1-5-6-21(15-7-10-19(23)20(24)11-15)25-14(4)17-9-8-16(27-13(2)3)12-18(17)22(25)26/h5,7-14,21H,1,6H2,2-4H3. The van der Waals surface area contributed by atoms with Gasteiger partial charge in [-0.2, -0.15) is 0 Å². The Kier molecular flexibility index (Phi) is 5.83. The van der Waals surface area contributed by atoms with Crippen molar-refractivity contribution in [1.29, 1.82) is 0 Å². The molecule has 1 amide bonds. The Bertz CT molecular complexity index is 879. The normalized spacial score (nSPS) is 17.2. The van der Waals surface area contributed by atoms with Crippen LogP contribution in [0.5, 0.6) is 5.75 Å². The third kappa shape index (κ3) is 3.85. The highest BCUT2D eigenvalue weighted by molar-refractivity contribution is 6.42. The zero-order chi connectivity index (χ0) is 19.7. The second-order valence-electron chi connectivity index (χ2n) is 7.02. The fraction of sp³-hybridized carbons (Fsp3) is 0.318. The van der Waals surface area contributed by atoms with Crippen molar-refractivity contribution in [2.45, 2.75) is 45.4 Å². The zero-order valence-electron chi connectivity index (χ0n) is 15.7. The molecule has 27 heavy (non-hydrogen) atoms. The van der Waals surface area contributed by atoms with E-state index in [1.807, 2.05) is 62.1 Å². The van der Waals surface area contributed by atoms with Crippen LogP contribution < -0.4 is 4.74 Å². The maximum atomic E-state index is 13.3. The monoisotopic (exact) mass is 403 g/mol. The van der Waals surface area contributed by atoms with Crippen LogP contribution >= 0.6 is 23.2 Å². The van der Waals surface area contributed by atoms with E-state index < -0.39 is 0 Å². The van der Waals surface area contributed by atoms with Gasteiger partial charge in [-0.15, -0.1) is 6.58 Å². The fourth-order valence-corrected chi connectivity index (χ4v) is 3.90. The summed E-state index contributed by atoms with van der Waals surface area (Å²) in [5.74, 6) is 0.700. The lowest BCUT2D eigenvalue weighted by molar-refractivity contribution is 0.0642. The number of ether oxygens (including phenoxy) is 1. The highest BCUT2D eigenvalue weighted by Gasteiger charge is 2.38. The number of rotatable bonds is 6. The fourth-order valence-electron chi connectivity index (χ4n) is 3.59. The number of halogens is 2. The SMILES string of the molecule is C=CCC(c1ccc(Cl)c(Cl)c1)N1C(=O)c2cc(OC(C)C)ccc2C1C. The van der Waals surface area contributed by atoms with Gasteiger partial charge in [0.05, 0.1) is 28.2 Å². The van der Waals surface area contributed by atoms with Crippen molar-refractivity contribution in [1.82, 2.24) is 4.90 Å². The van der Waals surface area contributed by atoms with Crippen molar-refractivity contribution in [3.63, 3.8) is 0 Å². The number of carbonyl (C=O) groups excluding carboxylic acids is 1.